The van der Waals surface area contributed by atoms with Crippen molar-refractivity contribution in [2.24, 2.45) is 0 Å². The Balaban J connectivity index is 1.49. The third kappa shape index (κ3) is 5.43. The van der Waals surface area contributed by atoms with E-state index in [-0.39, 0.29) is 11.8 Å². The molecule has 0 radical (unpaired) electrons. The third-order valence-electron chi connectivity index (χ3n) is 4.47. The van der Waals surface area contributed by atoms with Crippen molar-refractivity contribution >= 4 is 46.4 Å². The maximum absolute atomic E-state index is 12.3. The number of rotatable bonds is 6. The van der Waals surface area contributed by atoms with Crippen LogP contribution in [0.1, 0.15) is 42.6 Å². The lowest BCUT2D eigenvalue weighted by atomic mass is 10.2. The van der Waals surface area contributed by atoms with Crippen molar-refractivity contribution < 1.29 is 9.59 Å². The molecule has 27 heavy (non-hydrogen) atoms. The summed E-state index contributed by atoms with van der Waals surface area (Å²) < 4.78 is 0. The number of hydrogen-bond acceptors (Lipinski definition) is 4. The van der Waals surface area contributed by atoms with Crippen LogP contribution in [0.25, 0.3) is 10.6 Å². The second-order valence-corrected chi connectivity index (χ2v) is 8.14. The van der Waals surface area contributed by atoms with E-state index in [4.69, 9.17) is 23.2 Å². The van der Waals surface area contributed by atoms with Crippen LogP contribution < -0.4 is 5.32 Å². The van der Waals surface area contributed by atoms with Crippen LogP contribution in [-0.2, 0) is 4.79 Å². The van der Waals surface area contributed by atoms with Crippen LogP contribution in [0.3, 0.4) is 0 Å². The molecule has 2 heterocycles. The normalized spacial score (nSPS) is 14.9. The molecule has 0 spiro atoms. The maximum Gasteiger partial charge on any atom is 0.270 e. The predicted octanol–water partition coefficient (Wildman–Crippen LogP) is 4.64. The molecule has 0 saturated carbocycles. The zero-order chi connectivity index (χ0) is 19.2. The molecule has 1 fully saturated rings. The fourth-order valence-electron chi connectivity index (χ4n) is 2.98. The van der Waals surface area contributed by atoms with Crippen LogP contribution in [-0.4, -0.2) is 41.3 Å². The minimum absolute atomic E-state index is 0.209. The van der Waals surface area contributed by atoms with Gasteiger partial charge in [0, 0.05) is 37.0 Å². The van der Waals surface area contributed by atoms with Crippen LogP contribution in [0.2, 0.25) is 10.0 Å². The molecule has 144 valence electrons. The molecular formula is C19H21Cl2N3O2S. The molecule has 8 heteroatoms. The van der Waals surface area contributed by atoms with Gasteiger partial charge in [0.1, 0.15) is 10.7 Å². The van der Waals surface area contributed by atoms with E-state index >= 15 is 0 Å². The Kier molecular flexibility index (Phi) is 7.10. The zero-order valence-electron chi connectivity index (χ0n) is 14.8. The smallest absolute Gasteiger partial charge is 0.270 e. The Hall–Kier alpha value is -1.63. The molecule has 1 saturated heterocycles. The first kappa shape index (κ1) is 20.1. The third-order valence-corrected chi connectivity index (χ3v) is 6.10. The molecule has 0 aliphatic carbocycles. The Morgan fingerprint density at radius 1 is 1.22 bits per heavy atom. The van der Waals surface area contributed by atoms with Gasteiger partial charge >= 0.3 is 0 Å². The largest absolute Gasteiger partial charge is 0.351 e. The molecule has 0 unspecified atom stereocenters. The van der Waals surface area contributed by atoms with E-state index in [9.17, 15) is 9.59 Å². The summed E-state index contributed by atoms with van der Waals surface area (Å²) in [5.41, 5.74) is 1.21. The quantitative estimate of drug-likeness (QED) is 0.685. The van der Waals surface area contributed by atoms with E-state index in [1.807, 2.05) is 11.0 Å². The number of amides is 2. The summed E-state index contributed by atoms with van der Waals surface area (Å²) >= 11 is 13.4. The summed E-state index contributed by atoms with van der Waals surface area (Å²) in [5.74, 6) is 0.0179. The van der Waals surface area contributed by atoms with E-state index < -0.39 is 0 Å². The van der Waals surface area contributed by atoms with Gasteiger partial charge in [-0.25, -0.2) is 4.98 Å². The fraction of sp³-hybridized carbons (Fsp3) is 0.421. The first-order valence-electron chi connectivity index (χ1n) is 9.01. The number of hydrogen-bond donors (Lipinski definition) is 1. The van der Waals surface area contributed by atoms with Crippen molar-refractivity contribution in [3.05, 3.63) is 39.3 Å². The number of benzene rings is 1. The standard InChI is InChI=1S/C19H21Cl2N3O2S/c20-14-7-6-13(11-15(14)21)19-23-16(12-27-19)18(26)22-8-4-10-24-9-3-1-2-5-17(24)25/h6-7,11-12H,1-5,8-10H2,(H,22,26). The van der Waals surface area contributed by atoms with E-state index in [0.29, 0.717) is 40.3 Å². The van der Waals surface area contributed by atoms with E-state index in [0.717, 1.165) is 37.8 Å². The summed E-state index contributed by atoms with van der Waals surface area (Å²) in [6.07, 6.45) is 4.54. The van der Waals surface area contributed by atoms with Gasteiger partial charge in [0.2, 0.25) is 5.91 Å². The Morgan fingerprint density at radius 3 is 2.89 bits per heavy atom. The minimum atomic E-state index is -0.209. The van der Waals surface area contributed by atoms with Gasteiger partial charge in [-0.3, -0.25) is 9.59 Å². The molecule has 3 rings (SSSR count). The predicted molar refractivity (Wildman–Crippen MR) is 110 cm³/mol. The Morgan fingerprint density at radius 2 is 2.07 bits per heavy atom. The van der Waals surface area contributed by atoms with E-state index in [1.54, 1.807) is 17.5 Å². The average molecular weight is 426 g/mol. The lowest BCUT2D eigenvalue weighted by Gasteiger charge is -2.20. The molecule has 1 aliphatic rings. The maximum atomic E-state index is 12.3. The highest BCUT2D eigenvalue weighted by Crippen LogP contribution is 2.30. The highest BCUT2D eigenvalue weighted by molar-refractivity contribution is 7.13. The van der Waals surface area contributed by atoms with Crippen molar-refractivity contribution in [1.29, 1.82) is 0 Å². The number of nitrogens with one attached hydrogen (secondary N) is 1. The molecule has 1 N–H and O–H groups in total. The summed E-state index contributed by atoms with van der Waals surface area (Å²) in [6, 6.07) is 5.28. The van der Waals surface area contributed by atoms with Crippen LogP contribution in [0.15, 0.2) is 23.6 Å². The average Bonchev–Trinajstić information content (AvgIpc) is 3.06. The Bertz CT molecular complexity index is 825. The second-order valence-electron chi connectivity index (χ2n) is 6.47. The molecule has 1 aliphatic heterocycles. The fourth-order valence-corrected chi connectivity index (χ4v) is 4.07. The number of nitrogens with zero attached hydrogens (tertiary/aromatic N) is 2. The number of carbonyl (C=O) groups is 2. The summed E-state index contributed by atoms with van der Waals surface area (Å²) in [5, 5.41) is 6.26. The number of likely N-dealkylation sites (tertiary alicyclic amines) is 1. The number of carbonyl (C=O) groups excluding carboxylic acids is 2. The Labute approximate surface area is 172 Å². The SMILES string of the molecule is O=C(NCCCN1CCCCCC1=O)c1csc(-c2ccc(Cl)c(Cl)c2)n1. The van der Waals surface area contributed by atoms with Crippen molar-refractivity contribution in [3.8, 4) is 10.6 Å². The monoisotopic (exact) mass is 425 g/mol. The topological polar surface area (TPSA) is 62.3 Å². The zero-order valence-corrected chi connectivity index (χ0v) is 17.2. The summed E-state index contributed by atoms with van der Waals surface area (Å²) in [4.78, 5) is 30.5. The molecule has 2 aromatic rings. The number of thiazole rings is 1. The van der Waals surface area contributed by atoms with Crippen molar-refractivity contribution in [2.45, 2.75) is 32.1 Å². The van der Waals surface area contributed by atoms with Gasteiger partial charge in [0.15, 0.2) is 0 Å². The van der Waals surface area contributed by atoms with Gasteiger partial charge in [-0.1, -0.05) is 35.7 Å². The lowest BCUT2D eigenvalue weighted by molar-refractivity contribution is -0.130. The molecule has 0 atom stereocenters. The molecule has 5 nitrogen and oxygen atoms in total. The van der Waals surface area contributed by atoms with E-state index in [2.05, 4.69) is 10.3 Å². The summed E-state index contributed by atoms with van der Waals surface area (Å²) in [6.45, 7) is 2.03. The number of halogens is 2. The van der Waals surface area contributed by atoms with Gasteiger partial charge in [-0.05, 0) is 31.4 Å². The minimum Gasteiger partial charge on any atom is -0.351 e. The van der Waals surface area contributed by atoms with E-state index in [1.165, 1.54) is 11.3 Å². The molecule has 0 bridgehead atoms. The van der Waals surface area contributed by atoms with Crippen molar-refractivity contribution in [3.63, 3.8) is 0 Å². The first-order valence-corrected chi connectivity index (χ1v) is 10.6. The molecular weight excluding hydrogens is 405 g/mol. The highest BCUT2D eigenvalue weighted by atomic mass is 35.5. The van der Waals surface area contributed by atoms with Gasteiger partial charge in [-0.2, -0.15) is 0 Å². The lowest BCUT2D eigenvalue weighted by Crippen LogP contribution is -2.34. The van der Waals surface area contributed by atoms with Crippen molar-refractivity contribution in [1.82, 2.24) is 15.2 Å². The highest BCUT2D eigenvalue weighted by Gasteiger charge is 2.16. The van der Waals surface area contributed by atoms with Crippen LogP contribution in [0.4, 0.5) is 0 Å². The van der Waals surface area contributed by atoms with Crippen LogP contribution in [0, 0.1) is 0 Å². The first-order chi connectivity index (χ1) is 13.0. The number of aromatic nitrogens is 1. The van der Waals surface area contributed by atoms with Gasteiger partial charge in [0.05, 0.1) is 10.0 Å². The van der Waals surface area contributed by atoms with Gasteiger partial charge in [-0.15, -0.1) is 11.3 Å². The van der Waals surface area contributed by atoms with Crippen molar-refractivity contribution in [2.75, 3.05) is 19.6 Å². The van der Waals surface area contributed by atoms with Crippen LogP contribution in [0.5, 0.6) is 0 Å². The van der Waals surface area contributed by atoms with Crippen LogP contribution >= 0.6 is 34.5 Å². The molecule has 1 aromatic carbocycles. The molecule has 2 amide bonds. The van der Waals surface area contributed by atoms with Gasteiger partial charge in [0.25, 0.3) is 5.91 Å². The second kappa shape index (κ2) is 9.53. The van der Waals surface area contributed by atoms with Gasteiger partial charge < -0.3 is 10.2 Å². The molecule has 1 aromatic heterocycles. The summed E-state index contributed by atoms with van der Waals surface area (Å²) in [7, 11) is 0.